The first-order valence-corrected chi connectivity index (χ1v) is 8.52. The number of amides is 1. The molecule has 0 saturated heterocycles. The van der Waals surface area contributed by atoms with Crippen LogP contribution in [0.25, 0.3) is 0 Å². The third-order valence-electron chi connectivity index (χ3n) is 4.66. The van der Waals surface area contributed by atoms with Gasteiger partial charge in [-0.3, -0.25) is 4.79 Å². The maximum atomic E-state index is 12.5. The molecule has 1 N–H and O–H groups in total. The minimum atomic E-state index is -0.170. The van der Waals surface area contributed by atoms with Gasteiger partial charge in [0.15, 0.2) is 5.69 Å². The fraction of sp³-hybridized carbons (Fsp3) is 0.333. The standard InChI is InChI=1S/C18H20N6O/c25-18(20-15-7-4-8-17(15)23-10-9-19-13-23)16-12-24(22-21-16)11-14-5-2-1-3-6-14/h1-3,5-6,9-10,12-13,15,17H,4,7-8,11H2,(H,20,25)/t15-,17+/m1/s1. The highest BCUT2D eigenvalue weighted by Gasteiger charge is 2.30. The Kier molecular flexibility index (Phi) is 4.28. The summed E-state index contributed by atoms with van der Waals surface area (Å²) in [7, 11) is 0. The summed E-state index contributed by atoms with van der Waals surface area (Å²) in [6.07, 6.45) is 10.3. The third kappa shape index (κ3) is 3.45. The summed E-state index contributed by atoms with van der Waals surface area (Å²) >= 11 is 0. The van der Waals surface area contributed by atoms with Crippen LogP contribution in [-0.4, -0.2) is 36.5 Å². The highest BCUT2D eigenvalue weighted by molar-refractivity contribution is 5.92. The molecule has 0 aliphatic heterocycles. The van der Waals surface area contributed by atoms with Gasteiger partial charge >= 0.3 is 0 Å². The van der Waals surface area contributed by atoms with Gasteiger partial charge in [-0.05, 0) is 24.8 Å². The van der Waals surface area contributed by atoms with E-state index in [0.29, 0.717) is 12.2 Å². The summed E-state index contributed by atoms with van der Waals surface area (Å²) < 4.78 is 3.76. The number of carbonyl (C=O) groups excluding carboxylic acids is 1. The second-order valence-corrected chi connectivity index (χ2v) is 6.38. The lowest BCUT2D eigenvalue weighted by molar-refractivity contribution is 0.0923. The number of carbonyl (C=O) groups is 1. The first-order chi connectivity index (χ1) is 12.3. The molecule has 0 bridgehead atoms. The zero-order valence-electron chi connectivity index (χ0n) is 13.8. The van der Waals surface area contributed by atoms with Gasteiger partial charge in [-0.25, -0.2) is 9.67 Å². The average molecular weight is 336 g/mol. The Labute approximate surface area is 145 Å². The maximum Gasteiger partial charge on any atom is 0.273 e. The molecule has 1 saturated carbocycles. The fourth-order valence-corrected chi connectivity index (χ4v) is 3.42. The molecule has 1 amide bonds. The van der Waals surface area contributed by atoms with Gasteiger partial charge < -0.3 is 9.88 Å². The second-order valence-electron chi connectivity index (χ2n) is 6.38. The van der Waals surface area contributed by atoms with Gasteiger partial charge in [0.05, 0.1) is 25.1 Å². The molecule has 3 aromatic rings. The number of nitrogens with zero attached hydrogens (tertiary/aromatic N) is 5. The van der Waals surface area contributed by atoms with E-state index in [0.717, 1.165) is 24.8 Å². The Balaban J connectivity index is 1.41. The van der Waals surface area contributed by atoms with Gasteiger partial charge in [0.1, 0.15) is 0 Å². The van der Waals surface area contributed by atoms with E-state index in [-0.39, 0.29) is 18.0 Å². The van der Waals surface area contributed by atoms with Crippen LogP contribution in [-0.2, 0) is 6.54 Å². The van der Waals surface area contributed by atoms with Crippen molar-refractivity contribution >= 4 is 5.91 Å². The molecular weight excluding hydrogens is 316 g/mol. The summed E-state index contributed by atoms with van der Waals surface area (Å²) in [5.41, 5.74) is 1.47. The zero-order chi connectivity index (χ0) is 17.1. The molecule has 25 heavy (non-hydrogen) atoms. The lowest BCUT2D eigenvalue weighted by Crippen LogP contribution is -2.38. The molecule has 0 spiro atoms. The van der Waals surface area contributed by atoms with Crippen molar-refractivity contribution in [2.75, 3.05) is 0 Å². The predicted octanol–water partition coefficient (Wildman–Crippen LogP) is 2.05. The Morgan fingerprint density at radius 3 is 2.92 bits per heavy atom. The van der Waals surface area contributed by atoms with E-state index < -0.39 is 0 Å². The maximum absolute atomic E-state index is 12.5. The molecule has 2 aromatic heterocycles. The van der Waals surface area contributed by atoms with E-state index in [9.17, 15) is 4.79 Å². The van der Waals surface area contributed by atoms with Crippen LogP contribution in [0.3, 0.4) is 0 Å². The number of aromatic nitrogens is 5. The Hall–Kier alpha value is -2.96. The van der Waals surface area contributed by atoms with Gasteiger partial charge in [0.25, 0.3) is 5.91 Å². The first kappa shape index (κ1) is 15.6. The van der Waals surface area contributed by atoms with E-state index in [1.165, 1.54) is 0 Å². The molecule has 1 aliphatic carbocycles. The van der Waals surface area contributed by atoms with Crippen molar-refractivity contribution in [3.8, 4) is 0 Å². The Morgan fingerprint density at radius 2 is 2.12 bits per heavy atom. The van der Waals surface area contributed by atoms with E-state index in [4.69, 9.17) is 0 Å². The molecule has 0 unspecified atom stereocenters. The lowest BCUT2D eigenvalue weighted by Gasteiger charge is -2.21. The van der Waals surface area contributed by atoms with Gasteiger partial charge in [-0.1, -0.05) is 35.5 Å². The molecule has 1 fully saturated rings. The monoisotopic (exact) mass is 336 g/mol. The van der Waals surface area contributed by atoms with Gasteiger partial charge in [0.2, 0.25) is 0 Å². The molecule has 2 atom stereocenters. The van der Waals surface area contributed by atoms with Crippen LogP contribution < -0.4 is 5.32 Å². The molecule has 4 rings (SSSR count). The molecule has 128 valence electrons. The average Bonchev–Trinajstić information content (AvgIpc) is 3.37. The van der Waals surface area contributed by atoms with Crippen molar-refractivity contribution in [1.82, 2.24) is 29.9 Å². The zero-order valence-corrected chi connectivity index (χ0v) is 13.8. The molecular formula is C18H20N6O. The summed E-state index contributed by atoms with van der Waals surface area (Å²) in [6, 6.07) is 10.3. The molecule has 7 nitrogen and oxygen atoms in total. The van der Waals surface area contributed by atoms with Crippen molar-refractivity contribution in [3.05, 3.63) is 66.5 Å². The minimum Gasteiger partial charge on any atom is -0.346 e. The van der Waals surface area contributed by atoms with Crippen molar-refractivity contribution in [3.63, 3.8) is 0 Å². The number of imidazole rings is 1. The van der Waals surface area contributed by atoms with E-state index in [2.05, 4.69) is 25.2 Å². The molecule has 1 aliphatic rings. The van der Waals surface area contributed by atoms with Crippen LogP contribution in [0.15, 0.2) is 55.2 Å². The summed E-state index contributed by atoms with van der Waals surface area (Å²) in [6.45, 7) is 0.599. The molecule has 0 radical (unpaired) electrons. The highest BCUT2D eigenvalue weighted by atomic mass is 16.2. The third-order valence-corrected chi connectivity index (χ3v) is 4.66. The SMILES string of the molecule is O=C(N[C@@H]1CCC[C@@H]1n1ccnc1)c1cn(Cc2ccccc2)nn1. The van der Waals surface area contributed by atoms with Crippen LogP contribution in [0.1, 0.15) is 41.4 Å². The largest absolute Gasteiger partial charge is 0.346 e. The summed E-state index contributed by atoms with van der Waals surface area (Å²) in [5.74, 6) is -0.170. The van der Waals surface area contributed by atoms with Crippen molar-refractivity contribution in [2.24, 2.45) is 0 Å². The molecule has 1 aromatic carbocycles. The number of hydrogen-bond acceptors (Lipinski definition) is 4. The summed E-state index contributed by atoms with van der Waals surface area (Å²) in [4.78, 5) is 16.6. The van der Waals surface area contributed by atoms with Crippen LogP contribution in [0.5, 0.6) is 0 Å². The smallest absolute Gasteiger partial charge is 0.273 e. The van der Waals surface area contributed by atoms with Crippen LogP contribution in [0.2, 0.25) is 0 Å². The Morgan fingerprint density at radius 1 is 1.24 bits per heavy atom. The second kappa shape index (κ2) is 6.88. The van der Waals surface area contributed by atoms with Crippen LogP contribution in [0.4, 0.5) is 0 Å². The minimum absolute atomic E-state index is 0.0981. The van der Waals surface area contributed by atoms with E-state index in [1.807, 2.05) is 42.9 Å². The highest BCUT2D eigenvalue weighted by Crippen LogP contribution is 2.30. The van der Waals surface area contributed by atoms with Gasteiger partial charge in [-0.15, -0.1) is 5.10 Å². The number of rotatable bonds is 5. The van der Waals surface area contributed by atoms with Crippen molar-refractivity contribution in [1.29, 1.82) is 0 Å². The van der Waals surface area contributed by atoms with Gasteiger partial charge in [0, 0.05) is 18.4 Å². The van der Waals surface area contributed by atoms with E-state index >= 15 is 0 Å². The Bertz CT molecular complexity index is 826. The molecule has 2 heterocycles. The first-order valence-electron chi connectivity index (χ1n) is 8.52. The van der Waals surface area contributed by atoms with Crippen LogP contribution >= 0.6 is 0 Å². The number of hydrogen-bond donors (Lipinski definition) is 1. The fourth-order valence-electron chi connectivity index (χ4n) is 3.42. The molecule has 7 heteroatoms. The summed E-state index contributed by atoms with van der Waals surface area (Å²) in [5, 5.41) is 11.2. The predicted molar refractivity (Wildman–Crippen MR) is 91.9 cm³/mol. The van der Waals surface area contributed by atoms with Crippen molar-refractivity contribution < 1.29 is 4.79 Å². The topological polar surface area (TPSA) is 77.6 Å². The van der Waals surface area contributed by atoms with E-state index in [1.54, 1.807) is 17.1 Å². The van der Waals surface area contributed by atoms with Crippen LogP contribution in [0, 0.1) is 0 Å². The normalized spacial score (nSPS) is 19.8. The number of benzene rings is 1. The van der Waals surface area contributed by atoms with Gasteiger partial charge in [-0.2, -0.15) is 0 Å². The van der Waals surface area contributed by atoms with Crippen molar-refractivity contribution in [2.45, 2.75) is 37.9 Å². The quantitative estimate of drug-likeness (QED) is 0.773. The lowest BCUT2D eigenvalue weighted by atomic mass is 10.1. The number of nitrogens with one attached hydrogen (secondary N) is 1.